The van der Waals surface area contributed by atoms with Gasteiger partial charge in [0.25, 0.3) is 0 Å². The molecule has 0 fully saturated rings. The highest BCUT2D eigenvalue weighted by Gasteiger charge is 2.20. The molecule has 0 spiro atoms. The average molecular weight is 363 g/mol. The zero-order chi connectivity index (χ0) is 19.4. The molecule has 1 N–H and O–H groups in total. The highest BCUT2D eigenvalue weighted by molar-refractivity contribution is 6.05. The number of hydrogen-bond acceptors (Lipinski definition) is 4. The first-order chi connectivity index (χ1) is 13.0. The third-order valence-corrected chi connectivity index (χ3v) is 4.21. The van der Waals surface area contributed by atoms with Crippen molar-refractivity contribution in [1.29, 1.82) is 0 Å². The van der Waals surface area contributed by atoms with E-state index in [9.17, 15) is 9.59 Å². The molecule has 0 bridgehead atoms. The van der Waals surface area contributed by atoms with Gasteiger partial charge in [-0.05, 0) is 36.8 Å². The lowest BCUT2D eigenvalue weighted by molar-refractivity contribution is -0.120. The van der Waals surface area contributed by atoms with Gasteiger partial charge in [0.15, 0.2) is 0 Å². The smallest absolute Gasteiger partial charge is 0.244 e. The van der Waals surface area contributed by atoms with Crippen LogP contribution in [-0.2, 0) is 9.59 Å². The SMILES string of the molecule is COc1ccc(C)cc1N(CC(=O)Nc1cccc2cccnc12)C(C)=O. The fourth-order valence-corrected chi connectivity index (χ4v) is 2.92. The summed E-state index contributed by atoms with van der Waals surface area (Å²) >= 11 is 0. The monoisotopic (exact) mass is 363 g/mol. The molecular formula is C21H21N3O3. The van der Waals surface area contributed by atoms with Crippen LogP contribution in [0, 0.1) is 6.92 Å². The number of hydrogen-bond donors (Lipinski definition) is 1. The molecule has 0 saturated heterocycles. The number of para-hydroxylation sites is 1. The molecular weight excluding hydrogens is 342 g/mol. The van der Waals surface area contributed by atoms with Gasteiger partial charge in [-0.3, -0.25) is 19.5 Å². The van der Waals surface area contributed by atoms with Gasteiger partial charge in [0.2, 0.25) is 11.8 Å². The van der Waals surface area contributed by atoms with Gasteiger partial charge in [-0.15, -0.1) is 0 Å². The molecule has 2 amide bonds. The van der Waals surface area contributed by atoms with Crippen molar-refractivity contribution in [2.24, 2.45) is 0 Å². The predicted octanol–water partition coefficient (Wildman–Crippen LogP) is 3.54. The number of ether oxygens (including phenoxy) is 1. The predicted molar refractivity (Wildman–Crippen MR) is 106 cm³/mol. The topological polar surface area (TPSA) is 71.5 Å². The standard InChI is InChI=1S/C21H21N3O3/c1-14-9-10-19(27-3)18(12-14)24(15(2)25)13-20(26)23-17-8-4-6-16-7-5-11-22-21(16)17/h4-12H,13H2,1-3H3,(H,23,26). The molecule has 0 aliphatic carbocycles. The van der Waals surface area contributed by atoms with E-state index in [0.29, 0.717) is 22.6 Å². The quantitative estimate of drug-likeness (QED) is 0.753. The fraction of sp³-hybridized carbons (Fsp3) is 0.190. The Labute approximate surface area is 157 Å². The molecule has 6 heteroatoms. The van der Waals surface area contributed by atoms with Crippen molar-refractivity contribution in [2.75, 3.05) is 23.9 Å². The van der Waals surface area contributed by atoms with Gasteiger partial charge in [0.05, 0.1) is 24.0 Å². The lowest BCUT2D eigenvalue weighted by Gasteiger charge is -2.23. The second-order valence-corrected chi connectivity index (χ2v) is 6.21. The minimum Gasteiger partial charge on any atom is -0.495 e. The van der Waals surface area contributed by atoms with Crippen LogP contribution in [0.3, 0.4) is 0 Å². The number of aryl methyl sites for hydroxylation is 1. The molecule has 1 heterocycles. The Morgan fingerprint density at radius 2 is 1.93 bits per heavy atom. The van der Waals surface area contributed by atoms with Crippen molar-refractivity contribution in [3.8, 4) is 5.75 Å². The third kappa shape index (κ3) is 4.06. The summed E-state index contributed by atoms with van der Waals surface area (Å²) in [5.41, 5.74) is 2.85. The summed E-state index contributed by atoms with van der Waals surface area (Å²) < 4.78 is 5.35. The summed E-state index contributed by atoms with van der Waals surface area (Å²) in [5, 5.41) is 3.79. The Morgan fingerprint density at radius 1 is 1.15 bits per heavy atom. The van der Waals surface area contributed by atoms with E-state index in [1.165, 1.54) is 18.9 Å². The van der Waals surface area contributed by atoms with Crippen LogP contribution < -0.4 is 15.0 Å². The second-order valence-electron chi connectivity index (χ2n) is 6.21. The molecule has 0 radical (unpaired) electrons. The van der Waals surface area contributed by atoms with E-state index in [0.717, 1.165) is 10.9 Å². The van der Waals surface area contributed by atoms with Crippen LogP contribution in [0.5, 0.6) is 5.75 Å². The molecule has 2 aromatic carbocycles. The van der Waals surface area contributed by atoms with E-state index in [-0.39, 0.29) is 18.4 Å². The highest BCUT2D eigenvalue weighted by Crippen LogP contribution is 2.29. The van der Waals surface area contributed by atoms with Gasteiger partial charge in [0, 0.05) is 18.5 Å². The molecule has 0 aliphatic heterocycles. The number of benzene rings is 2. The maximum absolute atomic E-state index is 12.7. The van der Waals surface area contributed by atoms with Gasteiger partial charge in [-0.2, -0.15) is 0 Å². The summed E-state index contributed by atoms with van der Waals surface area (Å²) in [4.78, 5) is 30.6. The minimum absolute atomic E-state index is 0.127. The number of anilines is 2. The van der Waals surface area contributed by atoms with Crippen molar-refractivity contribution in [3.05, 3.63) is 60.3 Å². The van der Waals surface area contributed by atoms with Crippen molar-refractivity contribution >= 4 is 34.1 Å². The first-order valence-electron chi connectivity index (χ1n) is 8.56. The van der Waals surface area contributed by atoms with Crippen molar-refractivity contribution in [3.63, 3.8) is 0 Å². The highest BCUT2D eigenvalue weighted by atomic mass is 16.5. The maximum Gasteiger partial charge on any atom is 0.244 e. The number of nitrogens with one attached hydrogen (secondary N) is 1. The van der Waals surface area contributed by atoms with E-state index in [4.69, 9.17) is 4.74 Å². The second kappa shape index (κ2) is 7.86. The molecule has 27 heavy (non-hydrogen) atoms. The van der Waals surface area contributed by atoms with E-state index in [2.05, 4.69) is 10.3 Å². The van der Waals surface area contributed by atoms with Crippen LogP contribution in [-0.4, -0.2) is 30.5 Å². The zero-order valence-corrected chi connectivity index (χ0v) is 15.5. The van der Waals surface area contributed by atoms with Crippen LogP contribution >= 0.6 is 0 Å². The van der Waals surface area contributed by atoms with Crippen LogP contribution in [0.15, 0.2) is 54.7 Å². The van der Waals surface area contributed by atoms with E-state index in [1.807, 2.05) is 43.3 Å². The normalized spacial score (nSPS) is 10.5. The summed E-state index contributed by atoms with van der Waals surface area (Å²) in [6.07, 6.45) is 1.68. The molecule has 0 saturated carbocycles. The number of methoxy groups -OCH3 is 1. The largest absolute Gasteiger partial charge is 0.495 e. The lowest BCUT2D eigenvalue weighted by atomic mass is 10.1. The van der Waals surface area contributed by atoms with E-state index >= 15 is 0 Å². The van der Waals surface area contributed by atoms with E-state index in [1.54, 1.807) is 18.3 Å². The number of carbonyl (C=O) groups excluding carboxylic acids is 2. The number of fused-ring (bicyclic) bond motifs is 1. The summed E-state index contributed by atoms with van der Waals surface area (Å²) in [6.45, 7) is 3.22. The first-order valence-corrected chi connectivity index (χ1v) is 8.56. The first kappa shape index (κ1) is 18.4. The van der Waals surface area contributed by atoms with E-state index < -0.39 is 0 Å². The molecule has 0 atom stereocenters. The van der Waals surface area contributed by atoms with Crippen LogP contribution in [0.4, 0.5) is 11.4 Å². The Kier molecular flexibility index (Phi) is 5.35. The van der Waals surface area contributed by atoms with Gasteiger partial charge >= 0.3 is 0 Å². The maximum atomic E-state index is 12.7. The van der Waals surface area contributed by atoms with Crippen LogP contribution in [0.2, 0.25) is 0 Å². The molecule has 6 nitrogen and oxygen atoms in total. The van der Waals surface area contributed by atoms with Gasteiger partial charge < -0.3 is 10.1 Å². The number of pyridine rings is 1. The Balaban J connectivity index is 1.86. The number of rotatable bonds is 5. The van der Waals surface area contributed by atoms with Crippen molar-refractivity contribution in [1.82, 2.24) is 4.98 Å². The number of aromatic nitrogens is 1. The number of nitrogens with zero attached hydrogens (tertiary/aromatic N) is 2. The molecule has 0 aliphatic rings. The summed E-state index contributed by atoms with van der Waals surface area (Å²) in [6, 6.07) is 14.8. The van der Waals surface area contributed by atoms with Crippen LogP contribution in [0.25, 0.3) is 10.9 Å². The number of amides is 2. The van der Waals surface area contributed by atoms with Crippen molar-refractivity contribution in [2.45, 2.75) is 13.8 Å². The summed E-state index contributed by atoms with van der Waals surface area (Å²) in [5.74, 6) is -0.0209. The number of carbonyl (C=O) groups is 2. The molecule has 0 unspecified atom stereocenters. The van der Waals surface area contributed by atoms with Crippen LogP contribution in [0.1, 0.15) is 12.5 Å². The molecule has 3 aromatic rings. The van der Waals surface area contributed by atoms with Gasteiger partial charge in [0.1, 0.15) is 12.3 Å². The molecule has 138 valence electrons. The Hall–Kier alpha value is -3.41. The molecule has 1 aromatic heterocycles. The van der Waals surface area contributed by atoms with Gasteiger partial charge in [-0.1, -0.05) is 24.3 Å². The lowest BCUT2D eigenvalue weighted by Crippen LogP contribution is -2.37. The fourth-order valence-electron chi connectivity index (χ4n) is 2.92. The molecule has 3 rings (SSSR count). The summed E-state index contributed by atoms with van der Waals surface area (Å²) in [7, 11) is 1.54. The minimum atomic E-state index is -0.313. The zero-order valence-electron chi connectivity index (χ0n) is 15.5. The average Bonchev–Trinajstić information content (AvgIpc) is 2.66. The van der Waals surface area contributed by atoms with Crippen molar-refractivity contribution < 1.29 is 14.3 Å². The Bertz CT molecular complexity index is 996. The van der Waals surface area contributed by atoms with Gasteiger partial charge in [-0.25, -0.2) is 0 Å². The Morgan fingerprint density at radius 3 is 2.67 bits per heavy atom. The third-order valence-electron chi connectivity index (χ3n) is 4.21.